The van der Waals surface area contributed by atoms with E-state index in [-0.39, 0.29) is 0 Å². The van der Waals surface area contributed by atoms with E-state index in [0.29, 0.717) is 12.1 Å². The summed E-state index contributed by atoms with van der Waals surface area (Å²) in [6.45, 7) is 6.86. The lowest BCUT2D eigenvalue weighted by atomic mass is 10.0. The van der Waals surface area contributed by atoms with Crippen LogP contribution < -0.4 is 5.32 Å². The summed E-state index contributed by atoms with van der Waals surface area (Å²) in [5.74, 6) is -17.6. The molecule has 0 aliphatic heterocycles. The molecule has 0 heterocycles. The van der Waals surface area contributed by atoms with Crippen molar-refractivity contribution in [2.75, 3.05) is 13.1 Å². The van der Waals surface area contributed by atoms with Crippen molar-refractivity contribution >= 4 is 0 Å². The zero-order valence-corrected chi connectivity index (χ0v) is 15.9. The number of hydrogen-bond acceptors (Lipinski definition) is 1. The molecule has 0 saturated carbocycles. The highest BCUT2D eigenvalue weighted by molar-refractivity contribution is 5.66. The van der Waals surface area contributed by atoms with Gasteiger partial charge >= 0.3 is 0 Å². The average molecular weight is 427 g/mol. The van der Waals surface area contributed by atoms with Gasteiger partial charge in [0.2, 0.25) is 5.82 Å². The monoisotopic (exact) mass is 427 g/mol. The first-order valence-corrected chi connectivity index (χ1v) is 9.04. The van der Waals surface area contributed by atoms with Crippen molar-refractivity contribution in [2.45, 2.75) is 39.5 Å². The van der Waals surface area contributed by atoms with Crippen molar-refractivity contribution in [3.63, 3.8) is 0 Å². The highest BCUT2D eigenvalue weighted by Gasteiger charge is 2.29. The summed E-state index contributed by atoms with van der Waals surface area (Å²) in [5, 5.41) is 3.39. The van der Waals surface area contributed by atoms with Gasteiger partial charge in [-0.1, -0.05) is 26.7 Å². The second kappa shape index (κ2) is 11.7. The molecule has 1 nitrogen and oxygen atoms in total. The Kier molecular flexibility index (Phi) is 10.1. The van der Waals surface area contributed by atoms with Crippen LogP contribution in [0.15, 0.2) is 12.1 Å². The molecule has 0 unspecified atom stereocenters. The third-order valence-corrected chi connectivity index (χ3v) is 3.93. The minimum absolute atomic E-state index is 0.297. The van der Waals surface area contributed by atoms with Gasteiger partial charge < -0.3 is 5.32 Å². The van der Waals surface area contributed by atoms with E-state index in [2.05, 4.69) is 19.2 Å². The second-order valence-electron chi connectivity index (χ2n) is 6.12. The van der Waals surface area contributed by atoms with Gasteiger partial charge in [-0.25, -0.2) is 35.1 Å². The lowest BCUT2D eigenvalue weighted by molar-refractivity contribution is 0.380. The van der Waals surface area contributed by atoms with Crippen LogP contribution in [0.4, 0.5) is 35.1 Å². The predicted molar refractivity (Wildman–Crippen MR) is 94.2 cm³/mol. The van der Waals surface area contributed by atoms with Crippen LogP contribution in [0, 0.1) is 46.5 Å². The van der Waals surface area contributed by atoms with Crippen molar-refractivity contribution in [2.24, 2.45) is 0 Å². The maximum Gasteiger partial charge on any atom is 0.200 e. The summed E-state index contributed by atoms with van der Waals surface area (Å²) < 4.78 is 105. The van der Waals surface area contributed by atoms with Crippen LogP contribution in [-0.4, -0.2) is 13.1 Å². The summed E-state index contributed by atoms with van der Waals surface area (Å²) in [5.41, 5.74) is -2.95. The standard InChI is InChI=1S/C12H2F8.C8H19N/c13-4-2-1-3(6(14)7(4)15)5-8(16)10(18)12(20)11(19)9(5)17;1-3-5-7-9-8-6-4-2/h1-2H;9H,3-8H2,1-2H3. The van der Waals surface area contributed by atoms with Crippen molar-refractivity contribution < 1.29 is 35.1 Å². The molecular formula is C20H21F8N. The average Bonchev–Trinajstić information content (AvgIpc) is 2.71. The first-order chi connectivity index (χ1) is 13.7. The third kappa shape index (κ3) is 6.16. The van der Waals surface area contributed by atoms with Gasteiger partial charge in [0.1, 0.15) is 0 Å². The summed E-state index contributed by atoms with van der Waals surface area (Å²) >= 11 is 0. The molecule has 0 aliphatic carbocycles. The maximum absolute atomic E-state index is 13.4. The Hall–Kier alpha value is -2.16. The predicted octanol–water partition coefficient (Wildman–Crippen LogP) is 6.64. The molecule has 0 amide bonds. The van der Waals surface area contributed by atoms with Crippen molar-refractivity contribution in [3.8, 4) is 11.1 Å². The first-order valence-electron chi connectivity index (χ1n) is 9.04. The van der Waals surface area contributed by atoms with E-state index in [4.69, 9.17) is 0 Å². The molecule has 1 N–H and O–H groups in total. The number of hydrogen-bond donors (Lipinski definition) is 1. The number of nitrogens with one attached hydrogen (secondary N) is 1. The Morgan fingerprint density at radius 2 is 1.03 bits per heavy atom. The number of halogens is 8. The van der Waals surface area contributed by atoms with E-state index in [9.17, 15) is 35.1 Å². The summed E-state index contributed by atoms with van der Waals surface area (Å²) in [4.78, 5) is 0. The Bertz CT molecular complexity index is 788. The normalized spacial score (nSPS) is 10.7. The lowest BCUT2D eigenvalue weighted by Crippen LogP contribution is -2.15. The molecule has 0 radical (unpaired) electrons. The largest absolute Gasteiger partial charge is 0.317 e. The maximum atomic E-state index is 13.4. The van der Waals surface area contributed by atoms with Gasteiger partial charge in [-0.3, -0.25) is 0 Å². The Labute approximate surface area is 163 Å². The van der Waals surface area contributed by atoms with E-state index < -0.39 is 57.7 Å². The second-order valence-corrected chi connectivity index (χ2v) is 6.12. The van der Waals surface area contributed by atoms with E-state index in [1.807, 2.05) is 0 Å². The highest BCUT2D eigenvalue weighted by Crippen LogP contribution is 2.34. The number of benzene rings is 2. The molecule has 0 spiro atoms. The van der Waals surface area contributed by atoms with Crippen LogP contribution in [-0.2, 0) is 0 Å². The van der Waals surface area contributed by atoms with Gasteiger partial charge in [0.15, 0.2) is 40.7 Å². The van der Waals surface area contributed by atoms with Gasteiger partial charge in [-0.2, -0.15) is 0 Å². The Morgan fingerprint density at radius 3 is 1.48 bits per heavy atom. The van der Waals surface area contributed by atoms with Crippen molar-refractivity contribution in [1.82, 2.24) is 5.32 Å². The van der Waals surface area contributed by atoms with Crippen LogP contribution in [0.25, 0.3) is 11.1 Å². The van der Waals surface area contributed by atoms with E-state index in [1.165, 1.54) is 38.8 Å². The topological polar surface area (TPSA) is 12.0 Å². The molecule has 2 rings (SSSR count). The smallest absolute Gasteiger partial charge is 0.200 e. The van der Waals surface area contributed by atoms with Gasteiger partial charge in [-0.15, -0.1) is 0 Å². The van der Waals surface area contributed by atoms with E-state index >= 15 is 0 Å². The molecule has 9 heteroatoms. The van der Waals surface area contributed by atoms with Gasteiger partial charge in [0, 0.05) is 5.56 Å². The molecule has 0 aliphatic rings. The molecule has 0 aromatic heterocycles. The van der Waals surface area contributed by atoms with Crippen LogP contribution in [0.3, 0.4) is 0 Å². The molecule has 0 fully saturated rings. The third-order valence-electron chi connectivity index (χ3n) is 3.93. The molecule has 2 aromatic carbocycles. The molecule has 29 heavy (non-hydrogen) atoms. The molecule has 0 atom stereocenters. The highest BCUT2D eigenvalue weighted by atomic mass is 19.2. The summed E-state index contributed by atoms with van der Waals surface area (Å²) in [6, 6.07) is 0.665. The quantitative estimate of drug-likeness (QED) is 0.226. The SMILES string of the molecule is CCCCNCCCC.Fc1ccc(-c2c(F)c(F)c(F)c(F)c2F)c(F)c1F. The minimum atomic E-state index is -2.44. The zero-order valence-electron chi connectivity index (χ0n) is 15.9. The zero-order chi connectivity index (χ0) is 22.1. The number of unbranched alkanes of at least 4 members (excludes halogenated alkanes) is 2. The van der Waals surface area contributed by atoms with E-state index in [0.717, 1.165) is 0 Å². The molecule has 162 valence electrons. The first kappa shape index (κ1) is 24.9. The Balaban J connectivity index is 0.000000396. The van der Waals surface area contributed by atoms with Gasteiger partial charge in [0.05, 0.1) is 5.56 Å². The number of rotatable bonds is 7. The molecule has 0 bridgehead atoms. The van der Waals surface area contributed by atoms with Gasteiger partial charge in [-0.05, 0) is 38.1 Å². The fourth-order valence-corrected chi connectivity index (χ4v) is 2.29. The molecular weight excluding hydrogens is 406 g/mol. The fourth-order valence-electron chi connectivity index (χ4n) is 2.29. The van der Waals surface area contributed by atoms with E-state index in [1.54, 1.807) is 0 Å². The summed E-state index contributed by atoms with van der Waals surface area (Å²) in [6.07, 6.45) is 5.26. The van der Waals surface area contributed by atoms with Crippen molar-refractivity contribution in [1.29, 1.82) is 0 Å². The fraction of sp³-hybridized carbons (Fsp3) is 0.400. The summed E-state index contributed by atoms with van der Waals surface area (Å²) in [7, 11) is 0. The lowest BCUT2D eigenvalue weighted by Gasteiger charge is -2.09. The Morgan fingerprint density at radius 1 is 0.586 bits per heavy atom. The molecule has 2 aromatic rings. The minimum Gasteiger partial charge on any atom is -0.317 e. The van der Waals surface area contributed by atoms with Gasteiger partial charge in [0.25, 0.3) is 0 Å². The van der Waals surface area contributed by atoms with Crippen molar-refractivity contribution in [3.05, 3.63) is 58.7 Å². The van der Waals surface area contributed by atoms with Crippen LogP contribution in [0.2, 0.25) is 0 Å². The van der Waals surface area contributed by atoms with Crippen LogP contribution >= 0.6 is 0 Å². The van der Waals surface area contributed by atoms with Crippen LogP contribution in [0.1, 0.15) is 39.5 Å². The van der Waals surface area contributed by atoms with Crippen LogP contribution in [0.5, 0.6) is 0 Å². The molecule has 0 saturated heterocycles.